The molecule has 4 aromatic rings. The minimum absolute atomic E-state index is 0.682. The third-order valence-electron chi connectivity index (χ3n) is 7.80. The van der Waals surface area contributed by atoms with Crippen molar-refractivity contribution in [3.05, 3.63) is 131 Å². The molecule has 4 aromatic carbocycles. The molecule has 0 N–H and O–H groups in total. The fourth-order valence-electron chi connectivity index (χ4n) is 5.22. The summed E-state index contributed by atoms with van der Waals surface area (Å²) in [5, 5.41) is 0. The van der Waals surface area contributed by atoms with Crippen LogP contribution in [0.1, 0.15) is 49.9 Å². The van der Waals surface area contributed by atoms with E-state index in [1.54, 1.807) is 0 Å². The van der Waals surface area contributed by atoms with Gasteiger partial charge in [0.2, 0.25) is 0 Å². The Labute approximate surface area is 253 Å². The second kappa shape index (κ2) is 16.5. The van der Waals surface area contributed by atoms with E-state index in [-0.39, 0.29) is 0 Å². The third-order valence-corrected chi connectivity index (χ3v) is 7.80. The maximum absolute atomic E-state index is 6.11. The van der Waals surface area contributed by atoms with Crippen LogP contribution in [0.25, 0.3) is 11.1 Å². The lowest BCUT2D eigenvalue weighted by Gasteiger charge is -2.20. The Morgan fingerprint density at radius 1 is 0.429 bits per heavy atom. The van der Waals surface area contributed by atoms with Gasteiger partial charge < -0.3 is 19.3 Å². The molecule has 0 amide bonds. The first-order valence-electron chi connectivity index (χ1n) is 15.4. The average molecular weight is 563 g/mol. The minimum atomic E-state index is 0.682. The summed E-state index contributed by atoms with van der Waals surface area (Å²) in [7, 11) is 0. The summed E-state index contributed by atoms with van der Waals surface area (Å²) in [6.07, 6.45) is 0. The highest BCUT2D eigenvalue weighted by Crippen LogP contribution is 2.37. The predicted molar refractivity (Wildman–Crippen MR) is 177 cm³/mol. The smallest absolute Gasteiger partial charge is 0.119 e. The van der Waals surface area contributed by atoms with E-state index < -0.39 is 0 Å². The second-order valence-corrected chi connectivity index (χ2v) is 10.3. The van der Waals surface area contributed by atoms with E-state index in [0.29, 0.717) is 13.2 Å². The van der Waals surface area contributed by atoms with Gasteiger partial charge in [0.1, 0.15) is 24.7 Å². The van der Waals surface area contributed by atoms with Crippen LogP contribution in [0.5, 0.6) is 11.5 Å². The third kappa shape index (κ3) is 8.58. The molecule has 42 heavy (non-hydrogen) atoms. The van der Waals surface area contributed by atoms with E-state index in [1.807, 2.05) is 0 Å². The minimum Gasteiger partial charge on any atom is -0.492 e. The molecular weight excluding hydrogens is 516 g/mol. The van der Waals surface area contributed by atoms with Crippen molar-refractivity contribution in [3.8, 4) is 11.5 Å². The zero-order valence-corrected chi connectivity index (χ0v) is 25.8. The summed E-state index contributed by atoms with van der Waals surface area (Å²) in [5.41, 5.74) is 7.02. The predicted octanol–water partition coefficient (Wildman–Crippen LogP) is 8.14. The molecular formula is C38H46N2O2. The average Bonchev–Trinajstić information content (AvgIpc) is 3.05. The van der Waals surface area contributed by atoms with Crippen LogP contribution in [0.4, 0.5) is 0 Å². The van der Waals surface area contributed by atoms with Gasteiger partial charge >= 0.3 is 0 Å². The highest BCUT2D eigenvalue weighted by Gasteiger charge is 2.16. The highest BCUT2D eigenvalue weighted by atomic mass is 16.5. The number of benzene rings is 4. The Bertz CT molecular complexity index is 1240. The Kier molecular flexibility index (Phi) is 12.2. The van der Waals surface area contributed by atoms with Crippen molar-refractivity contribution in [2.45, 2.75) is 27.7 Å². The summed E-state index contributed by atoms with van der Waals surface area (Å²) in [4.78, 5) is 4.75. The molecule has 0 aliphatic carbocycles. The maximum Gasteiger partial charge on any atom is 0.119 e. The normalized spacial score (nSPS) is 12.0. The van der Waals surface area contributed by atoms with E-state index in [2.05, 4.69) is 147 Å². The zero-order valence-electron chi connectivity index (χ0n) is 25.8. The summed E-state index contributed by atoms with van der Waals surface area (Å²) in [6, 6.07) is 38.4. The number of nitrogens with zero attached hydrogens (tertiary/aromatic N) is 2. The molecule has 0 atom stereocenters. The van der Waals surface area contributed by atoms with E-state index in [0.717, 1.165) is 61.9 Å². The number of hydrogen-bond donors (Lipinski definition) is 0. The maximum atomic E-state index is 6.11. The second-order valence-electron chi connectivity index (χ2n) is 10.3. The summed E-state index contributed by atoms with van der Waals surface area (Å²) < 4.78 is 12.2. The fraction of sp³-hybridized carbons (Fsp3) is 0.316. The first kappa shape index (κ1) is 31.1. The van der Waals surface area contributed by atoms with Gasteiger partial charge in [-0.25, -0.2) is 0 Å². The van der Waals surface area contributed by atoms with Crippen molar-refractivity contribution in [3.63, 3.8) is 0 Å². The Morgan fingerprint density at radius 3 is 1.05 bits per heavy atom. The van der Waals surface area contributed by atoms with Crippen molar-refractivity contribution in [2.75, 3.05) is 52.5 Å². The lowest BCUT2D eigenvalue weighted by atomic mass is 9.86. The molecule has 0 saturated heterocycles. The van der Waals surface area contributed by atoms with Crippen LogP contribution in [0, 0.1) is 0 Å². The molecule has 0 fully saturated rings. The first-order valence-corrected chi connectivity index (χ1v) is 15.4. The summed E-state index contributed by atoms with van der Waals surface area (Å²) in [5.74, 6) is 1.79. The monoisotopic (exact) mass is 562 g/mol. The molecule has 4 heteroatoms. The summed E-state index contributed by atoms with van der Waals surface area (Å²) >= 11 is 0. The molecule has 0 aromatic heterocycles. The van der Waals surface area contributed by atoms with Crippen LogP contribution in [0.3, 0.4) is 0 Å². The van der Waals surface area contributed by atoms with Gasteiger partial charge in [-0.05, 0) is 83.8 Å². The molecule has 0 aliphatic rings. The van der Waals surface area contributed by atoms with E-state index in [1.165, 1.54) is 22.3 Å². The van der Waals surface area contributed by atoms with Crippen molar-refractivity contribution in [1.82, 2.24) is 9.80 Å². The Morgan fingerprint density at radius 2 is 0.738 bits per heavy atom. The molecule has 0 bridgehead atoms. The molecule has 0 aliphatic heterocycles. The molecule has 4 rings (SSSR count). The number of hydrogen-bond acceptors (Lipinski definition) is 4. The summed E-state index contributed by atoms with van der Waals surface area (Å²) in [6.45, 7) is 16.1. The molecule has 0 heterocycles. The van der Waals surface area contributed by atoms with Gasteiger partial charge in [-0.3, -0.25) is 0 Å². The molecule has 0 unspecified atom stereocenters. The van der Waals surface area contributed by atoms with Crippen LogP contribution in [0.2, 0.25) is 0 Å². The highest BCUT2D eigenvalue weighted by molar-refractivity contribution is 6.04. The van der Waals surface area contributed by atoms with Gasteiger partial charge in [-0.2, -0.15) is 0 Å². The standard InChI is InChI=1S/C38H46N2O2/c1-5-39(6-2)27-29-41-35-23-19-33(20-24-35)37(31-15-11-9-12-16-31)38(32-17-13-10-14-18-32)34-21-25-36(26-22-34)42-30-28-40(7-3)8-4/h9-26H,5-8,27-30H2,1-4H3/b38-37+. The van der Waals surface area contributed by atoms with Crippen molar-refractivity contribution in [2.24, 2.45) is 0 Å². The molecule has 0 radical (unpaired) electrons. The van der Waals surface area contributed by atoms with Gasteiger partial charge in [-0.15, -0.1) is 0 Å². The Hall–Kier alpha value is -3.86. The molecule has 0 saturated carbocycles. The molecule has 0 spiro atoms. The van der Waals surface area contributed by atoms with Crippen molar-refractivity contribution >= 4 is 11.1 Å². The molecule has 220 valence electrons. The first-order chi connectivity index (χ1) is 20.7. The van der Waals surface area contributed by atoms with Crippen LogP contribution in [-0.4, -0.2) is 62.3 Å². The van der Waals surface area contributed by atoms with Crippen molar-refractivity contribution in [1.29, 1.82) is 0 Å². The zero-order chi connectivity index (χ0) is 29.6. The number of likely N-dealkylation sites (N-methyl/N-ethyl adjacent to an activating group) is 2. The van der Waals surface area contributed by atoms with Crippen LogP contribution in [0.15, 0.2) is 109 Å². The SMILES string of the molecule is CCN(CC)CCOc1ccc(/C(=C(\c2ccccc2)c2ccc(OCCN(CC)CC)cc2)c2ccccc2)cc1. The Balaban J connectivity index is 1.69. The number of rotatable bonds is 16. The van der Waals surface area contributed by atoms with E-state index in [9.17, 15) is 0 Å². The van der Waals surface area contributed by atoms with E-state index in [4.69, 9.17) is 9.47 Å². The van der Waals surface area contributed by atoms with Gasteiger partial charge in [0.15, 0.2) is 0 Å². The topological polar surface area (TPSA) is 24.9 Å². The lowest BCUT2D eigenvalue weighted by Crippen LogP contribution is -2.27. The largest absolute Gasteiger partial charge is 0.492 e. The number of ether oxygens (including phenoxy) is 2. The fourth-order valence-corrected chi connectivity index (χ4v) is 5.22. The van der Waals surface area contributed by atoms with E-state index >= 15 is 0 Å². The van der Waals surface area contributed by atoms with Crippen LogP contribution in [-0.2, 0) is 0 Å². The van der Waals surface area contributed by atoms with Crippen LogP contribution >= 0.6 is 0 Å². The van der Waals surface area contributed by atoms with Gasteiger partial charge in [-0.1, -0.05) is 113 Å². The lowest BCUT2D eigenvalue weighted by molar-refractivity contribution is 0.223. The van der Waals surface area contributed by atoms with Crippen LogP contribution < -0.4 is 9.47 Å². The van der Waals surface area contributed by atoms with Gasteiger partial charge in [0.05, 0.1) is 0 Å². The van der Waals surface area contributed by atoms with Gasteiger partial charge in [0, 0.05) is 13.1 Å². The molecule has 4 nitrogen and oxygen atoms in total. The van der Waals surface area contributed by atoms with Crippen molar-refractivity contribution < 1.29 is 9.47 Å². The quantitative estimate of drug-likeness (QED) is 0.129. The van der Waals surface area contributed by atoms with Gasteiger partial charge in [0.25, 0.3) is 0 Å².